The first kappa shape index (κ1) is 9.20. The summed E-state index contributed by atoms with van der Waals surface area (Å²) in [7, 11) is 0. The van der Waals surface area contributed by atoms with Crippen molar-refractivity contribution in [2.45, 2.75) is 44.4 Å². The first-order valence-corrected chi connectivity index (χ1v) is 4.95. The first-order chi connectivity index (χ1) is 6.74. The Morgan fingerprint density at radius 2 is 2.36 bits per heavy atom. The van der Waals surface area contributed by atoms with E-state index < -0.39 is 0 Å². The van der Waals surface area contributed by atoms with Crippen LogP contribution in [-0.2, 0) is 11.8 Å². The molecule has 0 saturated heterocycles. The Morgan fingerprint density at radius 1 is 1.57 bits per heavy atom. The van der Waals surface area contributed by atoms with E-state index in [4.69, 9.17) is 9.78 Å². The second-order valence-electron chi connectivity index (χ2n) is 4.08. The summed E-state index contributed by atoms with van der Waals surface area (Å²) in [4.78, 5) is 4.33. The second-order valence-corrected chi connectivity index (χ2v) is 4.08. The number of nitrogens with zero attached hydrogens (tertiary/aromatic N) is 3. The van der Waals surface area contributed by atoms with E-state index in [2.05, 4.69) is 23.1 Å². The highest BCUT2D eigenvalue weighted by Crippen LogP contribution is 2.45. The van der Waals surface area contributed by atoms with Crippen molar-refractivity contribution in [3.63, 3.8) is 0 Å². The van der Waals surface area contributed by atoms with Gasteiger partial charge < -0.3 is 4.52 Å². The van der Waals surface area contributed by atoms with Crippen molar-refractivity contribution < 1.29 is 4.52 Å². The summed E-state index contributed by atoms with van der Waals surface area (Å²) in [6.45, 7) is 2.15. The topological polar surface area (TPSA) is 62.7 Å². The lowest BCUT2D eigenvalue weighted by Crippen LogP contribution is -2.02. The van der Waals surface area contributed by atoms with Gasteiger partial charge in [-0.25, -0.2) is 0 Å². The molecule has 0 bridgehead atoms. The lowest BCUT2D eigenvalue weighted by Gasteiger charge is -1.96. The normalized spacial score (nSPS) is 17.7. The van der Waals surface area contributed by atoms with Gasteiger partial charge in [0.2, 0.25) is 5.89 Å². The van der Waals surface area contributed by atoms with Gasteiger partial charge in [0.05, 0.1) is 6.07 Å². The second kappa shape index (κ2) is 3.41. The monoisotopic (exact) mass is 191 g/mol. The third-order valence-electron chi connectivity index (χ3n) is 2.69. The Hall–Kier alpha value is -1.37. The molecule has 0 radical (unpaired) electrons. The van der Waals surface area contributed by atoms with E-state index in [1.807, 2.05) is 0 Å². The van der Waals surface area contributed by atoms with Gasteiger partial charge in [-0.05, 0) is 19.3 Å². The molecule has 74 valence electrons. The molecule has 4 heteroatoms. The van der Waals surface area contributed by atoms with Crippen molar-refractivity contribution >= 4 is 0 Å². The molecule has 4 nitrogen and oxygen atoms in total. The Balaban J connectivity index is 1.94. The van der Waals surface area contributed by atoms with E-state index in [-0.39, 0.29) is 5.41 Å². The quantitative estimate of drug-likeness (QED) is 0.682. The zero-order chi connectivity index (χ0) is 10.0. The Labute approximate surface area is 82.9 Å². The number of hydrogen-bond acceptors (Lipinski definition) is 4. The molecule has 1 heterocycles. The standard InChI is InChI=1S/C10H13N3O/c1-10(5-6-10)9-12-8(14-13-9)4-2-3-7-11/h2-6H2,1H3. The van der Waals surface area contributed by atoms with Gasteiger partial charge in [0, 0.05) is 18.3 Å². The number of hydrogen-bond donors (Lipinski definition) is 0. The van der Waals surface area contributed by atoms with Crippen LogP contribution < -0.4 is 0 Å². The van der Waals surface area contributed by atoms with Gasteiger partial charge in [0.25, 0.3) is 0 Å². The van der Waals surface area contributed by atoms with Gasteiger partial charge >= 0.3 is 0 Å². The largest absolute Gasteiger partial charge is 0.339 e. The summed E-state index contributed by atoms with van der Waals surface area (Å²) < 4.78 is 5.11. The van der Waals surface area contributed by atoms with Crippen molar-refractivity contribution in [1.29, 1.82) is 5.26 Å². The van der Waals surface area contributed by atoms with Crippen molar-refractivity contribution in [2.75, 3.05) is 0 Å². The van der Waals surface area contributed by atoms with Crippen molar-refractivity contribution in [3.8, 4) is 6.07 Å². The maximum absolute atomic E-state index is 8.37. The zero-order valence-electron chi connectivity index (χ0n) is 8.29. The molecule has 1 aromatic rings. The molecule has 0 unspecified atom stereocenters. The first-order valence-electron chi connectivity index (χ1n) is 4.95. The van der Waals surface area contributed by atoms with Gasteiger partial charge in [0.15, 0.2) is 5.82 Å². The minimum Gasteiger partial charge on any atom is -0.339 e. The summed E-state index contributed by atoms with van der Waals surface area (Å²) in [5.41, 5.74) is 0.178. The van der Waals surface area contributed by atoms with Crippen LogP contribution in [0.4, 0.5) is 0 Å². The highest BCUT2D eigenvalue weighted by atomic mass is 16.5. The van der Waals surface area contributed by atoms with Crippen LogP contribution in [0.2, 0.25) is 0 Å². The highest BCUT2D eigenvalue weighted by molar-refractivity contribution is 5.14. The van der Waals surface area contributed by atoms with Gasteiger partial charge in [0.1, 0.15) is 0 Å². The third kappa shape index (κ3) is 1.77. The van der Waals surface area contributed by atoms with Crippen molar-refractivity contribution in [3.05, 3.63) is 11.7 Å². The average molecular weight is 191 g/mol. The smallest absolute Gasteiger partial charge is 0.226 e. The van der Waals surface area contributed by atoms with Crippen LogP contribution in [0, 0.1) is 11.3 Å². The fourth-order valence-electron chi connectivity index (χ4n) is 1.33. The van der Waals surface area contributed by atoms with Crippen LogP contribution in [0.1, 0.15) is 44.3 Å². The van der Waals surface area contributed by atoms with E-state index in [9.17, 15) is 0 Å². The SMILES string of the molecule is CC1(c2noc(CCCC#N)n2)CC1. The summed E-state index contributed by atoms with van der Waals surface area (Å²) in [6, 6.07) is 2.10. The lowest BCUT2D eigenvalue weighted by atomic mass is 10.1. The van der Waals surface area contributed by atoms with Crippen molar-refractivity contribution in [2.24, 2.45) is 0 Å². The average Bonchev–Trinajstić information content (AvgIpc) is 2.76. The van der Waals surface area contributed by atoms with Crippen LogP contribution >= 0.6 is 0 Å². The predicted molar refractivity (Wildman–Crippen MR) is 49.4 cm³/mol. The summed E-state index contributed by atoms with van der Waals surface area (Å²) in [6.07, 6.45) is 4.38. The van der Waals surface area contributed by atoms with E-state index in [1.165, 1.54) is 0 Å². The van der Waals surface area contributed by atoms with Crippen LogP contribution in [0.5, 0.6) is 0 Å². The number of nitriles is 1. The number of unbranched alkanes of at least 4 members (excludes halogenated alkanes) is 1. The van der Waals surface area contributed by atoms with Gasteiger partial charge in [-0.3, -0.25) is 0 Å². The molecule has 1 aliphatic rings. The molecular formula is C10H13N3O. The maximum atomic E-state index is 8.37. The fourth-order valence-corrected chi connectivity index (χ4v) is 1.33. The van der Waals surface area contributed by atoms with Crippen LogP contribution in [0.25, 0.3) is 0 Å². The maximum Gasteiger partial charge on any atom is 0.226 e. The van der Waals surface area contributed by atoms with Crippen LogP contribution in [0.15, 0.2) is 4.52 Å². The van der Waals surface area contributed by atoms with Gasteiger partial charge in [-0.2, -0.15) is 10.2 Å². The lowest BCUT2D eigenvalue weighted by molar-refractivity contribution is 0.367. The minimum absolute atomic E-state index is 0.178. The molecule has 1 aromatic heterocycles. The Bertz CT molecular complexity index is 360. The molecule has 0 spiro atoms. The molecule has 0 aliphatic heterocycles. The molecule has 0 N–H and O–H groups in total. The van der Waals surface area contributed by atoms with Gasteiger partial charge in [-0.1, -0.05) is 12.1 Å². The molecule has 14 heavy (non-hydrogen) atoms. The molecule has 1 fully saturated rings. The fraction of sp³-hybridized carbons (Fsp3) is 0.700. The summed E-state index contributed by atoms with van der Waals surface area (Å²) in [5.74, 6) is 1.51. The highest BCUT2D eigenvalue weighted by Gasteiger charge is 2.43. The van der Waals surface area contributed by atoms with Crippen molar-refractivity contribution in [1.82, 2.24) is 10.1 Å². The molecule has 0 atom stereocenters. The molecule has 1 saturated carbocycles. The molecule has 0 aromatic carbocycles. The minimum atomic E-state index is 0.178. The molecule has 0 amide bonds. The third-order valence-corrected chi connectivity index (χ3v) is 2.69. The Kier molecular flexibility index (Phi) is 2.24. The summed E-state index contributed by atoms with van der Waals surface area (Å²) >= 11 is 0. The van der Waals surface area contributed by atoms with Crippen LogP contribution in [0.3, 0.4) is 0 Å². The number of rotatable bonds is 4. The number of aryl methyl sites for hydroxylation is 1. The summed E-state index contributed by atoms with van der Waals surface area (Å²) in [5, 5.41) is 12.3. The number of aromatic nitrogens is 2. The van der Waals surface area contributed by atoms with Crippen LogP contribution in [-0.4, -0.2) is 10.1 Å². The Morgan fingerprint density at radius 3 is 3.00 bits per heavy atom. The predicted octanol–water partition coefficient (Wildman–Crippen LogP) is 1.97. The zero-order valence-corrected chi connectivity index (χ0v) is 8.29. The molecular weight excluding hydrogens is 178 g/mol. The molecule has 1 aliphatic carbocycles. The van der Waals surface area contributed by atoms with E-state index in [0.29, 0.717) is 12.3 Å². The van der Waals surface area contributed by atoms with E-state index in [0.717, 1.165) is 31.5 Å². The van der Waals surface area contributed by atoms with E-state index >= 15 is 0 Å². The van der Waals surface area contributed by atoms with E-state index in [1.54, 1.807) is 0 Å². The molecule has 2 rings (SSSR count). The van der Waals surface area contributed by atoms with Gasteiger partial charge in [-0.15, -0.1) is 0 Å².